The van der Waals surface area contributed by atoms with Gasteiger partial charge in [-0.15, -0.1) is 5.10 Å². The minimum absolute atomic E-state index is 0.0577. The van der Waals surface area contributed by atoms with Crippen LogP contribution >= 0.6 is 0 Å². The van der Waals surface area contributed by atoms with E-state index in [-0.39, 0.29) is 31.1 Å². The number of aromatic nitrogens is 3. The highest BCUT2D eigenvalue weighted by molar-refractivity contribution is 5.94. The number of rotatable bonds is 16. The average molecular weight is 1110 g/mol. The molecule has 4 aliphatic rings. The van der Waals surface area contributed by atoms with Crippen molar-refractivity contribution in [3.63, 3.8) is 0 Å². The summed E-state index contributed by atoms with van der Waals surface area (Å²) in [6.45, 7) is 20.1. The molecule has 1 aromatic heterocycles. The maximum atomic E-state index is 15.0. The van der Waals surface area contributed by atoms with Crippen molar-refractivity contribution in [1.82, 2.24) is 35.0 Å². The number of nitrogens with zero attached hydrogens (tertiary/aromatic N) is 6. The second kappa shape index (κ2) is 27.2. The zero-order chi connectivity index (χ0) is 57.6. The number of carbonyl (C=O) groups is 2. The summed E-state index contributed by atoms with van der Waals surface area (Å²) in [5.41, 5.74) is -2.81. The Balaban J connectivity index is 1.24. The molecule has 2 aromatic rings. The minimum atomic E-state index is -1.86. The number of benzene rings is 1. The SMILES string of the molecule is CC[C@H]1OC(=O)[C@H](C)[C@@H](O[C@H]2C[C@@](C)(OC)[C@@H](O)[C@H](C)O2)[C@H](C)[C@@H](O[C@@H]2O[C@H](C)C[C@H](N(C)CCc3cn([C@H](CF)[C@H](OC)c4ccc(C(=O)N5CCNCC5)cc4)nn3)[C@H]2O)[C@](C)(O)C[C@@H](C)CN(C)[C@H](C)[C@@H](O)[C@]1(C)O. The zero-order valence-corrected chi connectivity index (χ0v) is 48.7. The number of hydrogen-bond donors (Lipinski definition) is 6. The van der Waals surface area contributed by atoms with E-state index < -0.39 is 127 Å². The molecule has 0 saturated carbocycles. The van der Waals surface area contributed by atoms with E-state index in [0.717, 1.165) is 13.1 Å². The second-order valence-corrected chi connectivity index (χ2v) is 23.7. The minimum Gasteiger partial charge on any atom is -0.459 e. The van der Waals surface area contributed by atoms with E-state index in [1.165, 1.54) is 25.8 Å². The fraction of sp³-hybridized carbons (Fsp3) is 0.821. The standard InChI is InChI=1S/C56H94FN7O14/c1-15-43-56(10,71)48(66)36(6)62(12)30-32(2)27-54(8,70)50(34(4)46(35(5)52(69)76-43)77-44-28-55(9,73-14)49(67)37(7)75-44)78-53-45(65)41(26-33(3)74-53)61(11)23-20-40-31-64(60-59-40)42(29-57)47(72-13)38-16-18-39(19-17-38)51(68)63-24-21-58-22-25-63/h16-19,31-37,41-50,53,58,65-67,70-71H,15,20-30H2,1-14H3/t32-,33-,34+,35-,36-,37+,41+,42-,43-,44+,45-,46+,47-,48-,49+,50-,53+,54-,55-,56-/m1/s1. The summed E-state index contributed by atoms with van der Waals surface area (Å²) >= 11 is 0. The van der Waals surface area contributed by atoms with E-state index in [0.29, 0.717) is 55.8 Å². The lowest BCUT2D eigenvalue weighted by molar-refractivity contribution is -0.318. The number of amides is 1. The van der Waals surface area contributed by atoms with Crippen molar-refractivity contribution in [2.75, 3.05) is 74.3 Å². The fourth-order valence-electron chi connectivity index (χ4n) is 12.4. The summed E-state index contributed by atoms with van der Waals surface area (Å²) in [5, 5.41) is 71.9. The number of nitrogens with one attached hydrogen (secondary N) is 1. The molecule has 6 rings (SSSR count). The van der Waals surface area contributed by atoms with Gasteiger partial charge < -0.3 is 78.7 Å². The van der Waals surface area contributed by atoms with Gasteiger partial charge in [0.15, 0.2) is 12.6 Å². The quantitative estimate of drug-likeness (QED) is 0.132. The fourth-order valence-corrected chi connectivity index (χ4v) is 12.4. The summed E-state index contributed by atoms with van der Waals surface area (Å²) in [7, 11) is 6.70. The van der Waals surface area contributed by atoms with E-state index >= 15 is 0 Å². The smallest absolute Gasteiger partial charge is 0.311 e. The van der Waals surface area contributed by atoms with Crippen molar-refractivity contribution in [2.45, 2.75) is 204 Å². The Morgan fingerprint density at radius 2 is 1.64 bits per heavy atom. The van der Waals surface area contributed by atoms with Gasteiger partial charge in [0.05, 0.1) is 47.2 Å². The molecule has 4 saturated heterocycles. The van der Waals surface area contributed by atoms with Crippen molar-refractivity contribution in [1.29, 1.82) is 0 Å². The van der Waals surface area contributed by atoms with Crippen LogP contribution < -0.4 is 5.32 Å². The summed E-state index contributed by atoms with van der Waals surface area (Å²) in [6.07, 6.45) is -8.25. The van der Waals surface area contributed by atoms with Crippen LogP contribution in [0.15, 0.2) is 30.5 Å². The van der Waals surface area contributed by atoms with Crippen LogP contribution in [-0.2, 0) is 44.4 Å². The van der Waals surface area contributed by atoms with Gasteiger partial charge in [-0.3, -0.25) is 9.59 Å². The monoisotopic (exact) mass is 1110 g/mol. The van der Waals surface area contributed by atoms with Gasteiger partial charge in [0, 0.05) is 96.1 Å². The molecule has 78 heavy (non-hydrogen) atoms. The van der Waals surface area contributed by atoms with Gasteiger partial charge in [-0.2, -0.15) is 0 Å². The first-order valence-electron chi connectivity index (χ1n) is 28.1. The van der Waals surface area contributed by atoms with Crippen molar-refractivity contribution in [2.24, 2.45) is 17.8 Å². The summed E-state index contributed by atoms with van der Waals surface area (Å²) < 4.78 is 60.6. The van der Waals surface area contributed by atoms with Crippen molar-refractivity contribution in [3.8, 4) is 0 Å². The number of carbonyl (C=O) groups excluding carboxylic acids is 2. The number of aliphatic hydroxyl groups excluding tert-OH is 3. The number of methoxy groups -OCH3 is 2. The number of halogens is 1. The lowest BCUT2D eigenvalue weighted by atomic mass is 9.77. The van der Waals surface area contributed by atoms with E-state index in [9.17, 15) is 39.5 Å². The topological polar surface area (TPSA) is 252 Å². The van der Waals surface area contributed by atoms with E-state index in [2.05, 4.69) is 15.6 Å². The van der Waals surface area contributed by atoms with Crippen LogP contribution in [0.3, 0.4) is 0 Å². The third-order valence-corrected chi connectivity index (χ3v) is 17.4. The molecule has 21 nitrogen and oxygen atoms in total. The third-order valence-electron chi connectivity index (χ3n) is 17.4. The van der Waals surface area contributed by atoms with Crippen molar-refractivity contribution in [3.05, 3.63) is 47.3 Å². The summed E-state index contributed by atoms with van der Waals surface area (Å²) in [5.74, 6) is -2.97. The van der Waals surface area contributed by atoms with Gasteiger partial charge >= 0.3 is 5.97 Å². The highest BCUT2D eigenvalue weighted by Crippen LogP contribution is 2.41. The van der Waals surface area contributed by atoms with E-state index in [1.54, 1.807) is 78.9 Å². The Morgan fingerprint density at radius 1 is 0.974 bits per heavy atom. The lowest BCUT2D eigenvalue weighted by Crippen LogP contribution is -2.61. The predicted octanol–water partition coefficient (Wildman–Crippen LogP) is 3.05. The predicted molar refractivity (Wildman–Crippen MR) is 287 cm³/mol. The number of alkyl halides is 1. The molecule has 6 N–H and O–H groups in total. The Morgan fingerprint density at radius 3 is 2.26 bits per heavy atom. The van der Waals surface area contributed by atoms with Crippen LogP contribution in [0.4, 0.5) is 4.39 Å². The number of cyclic esters (lactones) is 1. The molecule has 20 atom stereocenters. The molecule has 5 heterocycles. The number of piperazine rings is 1. The number of hydrogen-bond acceptors (Lipinski definition) is 19. The first-order chi connectivity index (χ1) is 36.7. The molecule has 22 heteroatoms. The molecule has 4 aliphatic heterocycles. The average Bonchev–Trinajstić information content (AvgIpc) is 3.89. The lowest BCUT2D eigenvalue weighted by Gasteiger charge is -2.49. The van der Waals surface area contributed by atoms with Crippen LogP contribution in [0.5, 0.6) is 0 Å². The number of likely N-dealkylation sites (N-methyl/N-ethyl adjacent to an activating group) is 2. The van der Waals surface area contributed by atoms with Gasteiger partial charge in [-0.25, -0.2) is 9.07 Å². The summed E-state index contributed by atoms with van der Waals surface area (Å²) in [6, 6.07) is 5.08. The van der Waals surface area contributed by atoms with Crippen molar-refractivity contribution < 1.29 is 72.7 Å². The van der Waals surface area contributed by atoms with Gasteiger partial charge in [0.2, 0.25) is 0 Å². The second-order valence-electron chi connectivity index (χ2n) is 23.7. The van der Waals surface area contributed by atoms with Crippen LogP contribution in [0.1, 0.15) is 129 Å². The maximum absolute atomic E-state index is 15.0. The number of esters is 1. The molecule has 1 aromatic carbocycles. The first-order valence-corrected chi connectivity index (χ1v) is 28.1. The zero-order valence-electron chi connectivity index (χ0n) is 48.7. The molecule has 0 aliphatic carbocycles. The van der Waals surface area contributed by atoms with Crippen LogP contribution in [0.25, 0.3) is 0 Å². The Kier molecular flexibility index (Phi) is 22.2. The molecule has 1 amide bonds. The Labute approximate surface area is 461 Å². The molecule has 0 bridgehead atoms. The largest absolute Gasteiger partial charge is 0.459 e. The first kappa shape index (κ1) is 63.8. The number of ether oxygens (including phenoxy) is 7. The van der Waals surface area contributed by atoms with Crippen molar-refractivity contribution >= 4 is 11.9 Å². The Bertz CT molecular complexity index is 2210. The van der Waals surface area contributed by atoms with Crippen LogP contribution in [-0.4, -0.2) is 232 Å². The van der Waals surface area contributed by atoms with E-state index in [4.69, 9.17) is 33.2 Å². The molecular formula is C56H94FN7O14. The molecular weight excluding hydrogens is 1010 g/mol. The normalized spacial score (nSPS) is 39.0. The summed E-state index contributed by atoms with van der Waals surface area (Å²) in [4.78, 5) is 33.4. The van der Waals surface area contributed by atoms with Gasteiger partial charge in [-0.05, 0) is 105 Å². The maximum Gasteiger partial charge on any atom is 0.311 e. The third kappa shape index (κ3) is 14.6. The molecule has 0 spiro atoms. The molecule has 4 fully saturated rings. The van der Waals surface area contributed by atoms with Crippen LogP contribution in [0.2, 0.25) is 0 Å². The molecule has 0 unspecified atom stereocenters. The molecule has 444 valence electrons. The molecule has 0 radical (unpaired) electrons. The van der Waals surface area contributed by atoms with Gasteiger partial charge in [0.1, 0.15) is 48.8 Å². The van der Waals surface area contributed by atoms with Gasteiger partial charge in [-0.1, -0.05) is 38.1 Å². The van der Waals surface area contributed by atoms with Crippen LogP contribution in [0, 0.1) is 17.8 Å². The van der Waals surface area contributed by atoms with E-state index in [1.807, 2.05) is 42.6 Å². The highest BCUT2D eigenvalue weighted by atomic mass is 19.1. The van der Waals surface area contributed by atoms with Gasteiger partial charge in [0.25, 0.3) is 5.91 Å². The Hall–Kier alpha value is -3.33. The highest BCUT2D eigenvalue weighted by Gasteiger charge is 2.53. The number of aliphatic hydroxyl groups is 5.